The molecule has 0 fully saturated rings. The maximum absolute atomic E-state index is 8.87. The van der Waals surface area contributed by atoms with Crippen LogP contribution in [-0.2, 0) is 0 Å². The van der Waals surface area contributed by atoms with E-state index in [0.29, 0.717) is 6.42 Å². The van der Waals surface area contributed by atoms with Crippen LogP contribution in [-0.4, -0.2) is 31.9 Å². The third-order valence-corrected chi connectivity index (χ3v) is 2.95. The standard InChI is InChI=1S/C12H18N2O2/c1-14-5-7-16-12-3-2-9(8-11(12)14)10(13)4-6-15/h2-3,8,10,15H,4-7,13H2,1H3. The van der Waals surface area contributed by atoms with Gasteiger partial charge in [0.05, 0.1) is 12.2 Å². The van der Waals surface area contributed by atoms with Crippen molar-refractivity contribution in [3.8, 4) is 5.75 Å². The summed E-state index contributed by atoms with van der Waals surface area (Å²) in [5.41, 5.74) is 8.09. The van der Waals surface area contributed by atoms with Crippen LogP contribution < -0.4 is 15.4 Å². The first-order chi connectivity index (χ1) is 7.72. The molecular weight excluding hydrogens is 204 g/mol. The van der Waals surface area contributed by atoms with Crippen LogP contribution in [0.2, 0.25) is 0 Å². The summed E-state index contributed by atoms with van der Waals surface area (Å²) in [6.45, 7) is 1.74. The first-order valence-electron chi connectivity index (χ1n) is 5.56. The van der Waals surface area contributed by atoms with Crippen molar-refractivity contribution in [2.24, 2.45) is 5.73 Å². The molecule has 0 bridgehead atoms. The lowest BCUT2D eigenvalue weighted by molar-refractivity contribution is 0.276. The van der Waals surface area contributed by atoms with Gasteiger partial charge in [0.15, 0.2) is 0 Å². The van der Waals surface area contributed by atoms with E-state index in [1.165, 1.54) is 0 Å². The summed E-state index contributed by atoms with van der Waals surface area (Å²) in [6.07, 6.45) is 0.587. The van der Waals surface area contributed by atoms with Crippen molar-refractivity contribution < 1.29 is 9.84 Å². The van der Waals surface area contributed by atoms with Crippen LogP contribution in [0.5, 0.6) is 5.75 Å². The van der Waals surface area contributed by atoms with Crippen molar-refractivity contribution >= 4 is 5.69 Å². The van der Waals surface area contributed by atoms with E-state index in [2.05, 4.69) is 11.0 Å². The highest BCUT2D eigenvalue weighted by Crippen LogP contribution is 2.33. The molecule has 0 radical (unpaired) electrons. The van der Waals surface area contributed by atoms with Gasteiger partial charge in [-0.3, -0.25) is 0 Å². The smallest absolute Gasteiger partial charge is 0.142 e. The second kappa shape index (κ2) is 4.72. The van der Waals surface area contributed by atoms with Gasteiger partial charge in [0.25, 0.3) is 0 Å². The van der Waals surface area contributed by atoms with Crippen molar-refractivity contribution in [2.75, 3.05) is 31.7 Å². The van der Waals surface area contributed by atoms with Crippen LogP contribution in [0, 0.1) is 0 Å². The average molecular weight is 222 g/mol. The highest BCUT2D eigenvalue weighted by atomic mass is 16.5. The monoisotopic (exact) mass is 222 g/mol. The Hall–Kier alpha value is -1.26. The molecule has 0 amide bonds. The lowest BCUT2D eigenvalue weighted by Gasteiger charge is -2.28. The summed E-state index contributed by atoms with van der Waals surface area (Å²) in [7, 11) is 2.04. The highest BCUT2D eigenvalue weighted by molar-refractivity contribution is 5.61. The third kappa shape index (κ3) is 2.13. The molecule has 1 heterocycles. The Bertz CT molecular complexity index is 368. The van der Waals surface area contributed by atoms with Crippen molar-refractivity contribution in [3.05, 3.63) is 23.8 Å². The van der Waals surface area contributed by atoms with Gasteiger partial charge in [-0.2, -0.15) is 0 Å². The van der Waals surface area contributed by atoms with Crippen molar-refractivity contribution in [1.29, 1.82) is 0 Å². The molecule has 4 nitrogen and oxygen atoms in total. The van der Waals surface area contributed by atoms with E-state index in [1.54, 1.807) is 0 Å². The number of aliphatic hydroxyl groups excluding tert-OH is 1. The van der Waals surface area contributed by atoms with Gasteiger partial charge in [-0.05, 0) is 24.1 Å². The van der Waals surface area contributed by atoms with Gasteiger partial charge < -0.3 is 20.5 Å². The van der Waals surface area contributed by atoms with Gasteiger partial charge in [0.2, 0.25) is 0 Å². The van der Waals surface area contributed by atoms with Crippen LogP contribution in [0.3, 0.4) is 0 Å². The Balaban J connectivity index is 2.26. The maximum atomic E-state index is 8.87. The van der Waals surface area contributed by atoms with Gasteiger partial charge in [-0.1, -0.05) is 6.07 Å². The first-order valence-corrected chi connectivity index (χ1v) is 5.56. The summed E-state index contributed by atoms with van der Waals surface area (Å²) in [6, 6.07) is 5.87. The van der Waals surface area contributed by atoms with Crippen LogP contribution in [0.1, 0.15) is 18.0 Å². The summed E-state index contributed by atoms with van der Waals surface area (Å²) in [5.74, 6) is 0.911. The van der Waals surface area contributed by atoms with Crippen LogP contribution in [0.4, 0.5) is 5.69 Å². The highest BCUT2D eigenvalue weighted by Gasteiger charge is 2.16. The minimum absolute atomic E-state index is 0.106. The van der Waals surface area contributed by atoms with Gasteiger partial charge >= 0.3 is 0 Å². The Labute approximate surface area is 95.6 Å². The number of hydrogen-bond donors (Lipinski definition) is 2. The van der Waals surface area contributed by atoms with Gasteiger partial charge in [0.1, 0.15) is 12.4 Å². The van der Waals surface area contributed by atoms with Gasteiger partial charge in [-0.25, -0.2) is 0 Å². The minimum Gasteiger partial charge on any atom is -0.490 e. The fourth-order valence-electron chi connectivity index (χ4n) is 1.90. The molecular formula is C12H18N2O2. The molecule has 4 heteroatoms. The molecule has 3 N–H and O–H groups in total. The average Bonchev–Trinajstić information content (AvgIpc) is 2.29. The largest absolute Gasteiger partial charge is 0.490 e. The molecule has 1 atom stereocenters. The number of anilines is 1. The van der Waals surface area contributed by atoms with E-state index in [-0.39, 0.29) is 12.6 Å². The molecule has 1 aromatic rings. The van der Waals surface area contributed by atoms with E-state index in [9.17, 15) is 0 Å². The van der Waals surface area contributed by atoms with Gasteiger partial charge in [-0.15, -0.1) is 0 Å². The molecule has 0 saturated carbocycles. The number of ether oxygens (including phenoxy) is 1. The zero-order chi connectivity index (χ0) is 11.5. The number of benzene rings is 1. The summed E-state index contributed by atoms with van der Waals surface area (Å²) < 4.78 is 5.56. The van der Waals surface area contributed by atoms with E-state index < -0.39 is 0 Å². The molecule has 16 heavy (non-hydrogen) atoms. The zero-order valence-electron chi connectivity index (χ0n) is 9.52. The van der Waals surface area contributed by atoms with Crippen LogP contribution in [0.15, 0.2) is 18.2 Å². The van der Waals surface area contributed by atoms with Crippen LogP contribution >= 0.6 is 0 Å². The predicted octanol–water partition coefficient (Wildman–Crippen LogP) is 0.897. The molecule has 1 aromatic carbocycles. The molecule has 2 rings (SSSR count). The lowest BCUT2D eigenvalue weighted by Crippen LogP contribution is -2.29. The van der Waals surface area contributed by atoms with E-state index in [4.69, 9.17) is 15.6 Å². The summed E-state index contributed by atoms with van der Waals surface area (Å²) >= 11 is 0. The number of rotatable bonds is 3. The third-order valence-electron chi connectivity index (χ3n) is 2.95. The Morgan fingerprint density at radius 3 is 3.12 bits per heavy atom. The zero-order valence-corrected chi connectivity index (χ0v) is 9.52. The quantitative estimate of drug-likeness (QED) is 0.797. The summed E-state index contributed by atoms with van der Waals surface area (Å²) in [5, 5.41) is 8.87. The normalized spacial score (nSPS) is 16.6. The number of likely N-dealkylation sites (N-methyl/N-ethyl adjacent to an activating group) is 1. The lowest BCUT2D eigenvalue weighted by atomic mass is 10.0. The van der Waals surface area contributed by atoms with E-state index in [1.807, 2.05) is 19.2 Å². The van der Waals surface area contributed by atoms with Crippen molar-refractivity contribution in [3.63, 3.8) is 0 Å². The maximum Gasteiger partial charge on any atom is 0.142 e. The molecule has 1 unspecified atom stereocenters. The fourth-order valence-corrected chi connectivity index (χ4v) is 1.90. The predicted molar refractivity (Wildman–Crippen MR) is 63.8 cm³/mol. The van der Waals surface area contributed by atoms with Gasteiger partial charge in [0, 0.05) is 19.7 Å². The fraction of sp³-hybridized carbons (Fsp3) is 0.500. The molecule has 0 saturated heterocycles. The second-order valence-electron chi connectivity index (χ2n) is 4.12. The minimum atomic E-state index is -0.106. The molecule has 1 aliphatic heterocycles. The Kier molecular flexibility index (Phi) is 3.31. The Morgan fingerprint density at radius 2 is 2.38 bits per heavy atom. The van der Waals surface area contributed by atoms with Crippen molar-refractivity contribution in [2.45, 2.75) is 12.5 Å². The SMILES string of the molecule is CN1CCOc2ccc(C(N)CCO)cc21. The molecule has 0 aromatic heterocycles. The van der Waals surface area contributed by atoms with Crippen LogP contribution in [0.25, 0.3) is 0 Å². The second-order valence-corrected chi connectivity index (χ2v) is 4.12. The number of nitrogens with zero attached hydrogens (tertiary/aromatic N) is 1. The number of hydrogen-bond acceptors (Lipinski definition) is 4. The molecule has 0 spiro atoms. The van der Waals surface area contributed by atoms with Crippen molar-refractivity contribution in [1.82, 2.24) is 0 Å². The molecule has 88 valence electrons. The number of aliphatic hydroxyl groups is 1. The topological polar surface area (TPSA) is 58.7 Å². The number of fused-ring (bicyclic) bond motifs is 1. The van der Waals surface area contributed by atoms with E-state index in [0.717, 1.165) is 30.2 Å². The molecule has 1 aliphatic rings. The first kappa shape index (κ1) is 11.2. The summed E-state index contributed by atoms with van der Waals surface area (Å²) in [4.78, 5) is 2.16. The number of nitrogens with two attached hydrogens (primary N) is 1. The Morgan fingerprint density at radius 1 is 1.56 bits per heavy atom. The molecule has 0 aliphatic carbocycles. The van der Waals surface area contributed by atoms with E-state index >= 15 is 0 Å².